The van der Waals surface area contributed by atoms with Crippen LogP contribution in [-0.4, -0.2) is 42.0 Å². The summed E-state index contributed by atoms with van der Waals surface area (Å²) in [4.78, 5) is 24.5. The minimum Gasteiger partial charge on any atom is -0.480 e. The van der Waals surface area contributed by atoms with E-state index in [9.17, 15) is 14.0 Å². The Morgan fingerprint density at radius 2 is 2.27 bits per heavy atom. The maximum absolute atomic E-state index is 15.0. The monoisotopic (exact) mass is 360 g/mol. The smallest absolute Gasteiger partial charge is 0.415 e. The Morgan fingerprint density at radius 1 is 1.46 bits per heavy atom. The molecule has 1 aromatic carbocycles. The van der Waals surface area contributed by atoms with E-state index in [1.54, 1.807) is 6.07 Å². The molecule has 2 aliphatic rings. The lowest BCUT2D eigenvalue weighted by molar-refractivity contribution is -0.124. The van der Waals surface area contributed by atoms with Crippen LogP contribution in [0, 0.1) is 5.82 Å². The molecule has 26 heavy (non-hydrogen) atoms. The standard InChI is InChI=1S/C17H17FN4O4/c1-25-16-10-4-2-3-8-5-9(6-11(18)13(8)14(10)20-21-16)22-7-12(15(19)23)26-17(22)24/h5-6,12H,2-4,7H2,1H3,(H2,19,23)(H,20,21)/t12-/m1/s1. The van der Waals surface area contributed by atoms with Gasteiger partial charge in [0.25, 0.3) is 5.91 Å². The fourth-order valence-corrected chi connectivity index (χ4v) is 3.51. The minimum atomic E-state index is -1.03. The van der Waals surface area contributed by atoms with E-state index in [-0.39, 0.29) is 6.54 Å². The highest BCUT2D eigenvalue weighted by Crippen LogP contribution is 2.39. The van der Waals surface area contributed by atoms with Crippen molar-refractivity contribution in [2.45, 2.75) is 25.4 Å². The first-order chi connectivity index (χ1) is 12.5. The number of carbonyl (C=O) groups is 2. The Hall–Kier alpha value is -3.10. The number of anilines is 1. The number of halogens is 1. The van der Waals surface area contributed by atoms with Crippen molar-refractivity contribution in [2.24, 2.45) is 5.73 Å². The summed E-state index contributed by atoms with van der Waals surface area (Å²) in [6.45, 7) is -0.0322. The SMILES string of the molecule is COc1n[nH]c2c1CCCc1cc(N3C[C@H](C(N)=O)OC3=O)cc(F)c1-2. The van der Waals surface area contributed by atoms with Crippen molar-refractivity contribution >= 4 is 17.7 Å². The van der Waals surface area contributed by atoms with E-state index >= 15 is 0 Å². The molecule has 136 valence electrons. The summed E-state index contributed by atoms with van der Waals surface area (Å²) in [5.41, 5.74) is 8.14. The molecular formula is C17H17FN4O4. The lowest BCUT2D eigenvalue weighted by atomic mass is 10.0. The van der Waals surface area contributed by atoms with Crippen LogP contribution in [0.15, 0.2) is 12.1 Å². The van der Waals surface area contributed by atoms with Crippen molar-refractivity contribution < 1.29 is 23.5 Å². The quantitative estimate of drug-likeness (QED) is 0.862. The number of aromatic amines is 1. The normalized spacial score (nSPS) is 18.8. The predicted octanol–water partition coefficient (Wildman–Crippen LogP) is 1.52. The number of aryl methyl sites for hydroxylation is 1. The first-order valence-corrected chi connectivity index (χ1v) is 8.21. The van der Waals surface area contributed by atoms with E-state index in [2.05, 4.69) is 10.2 Å². The summed E-state index contributed by atoms with van der Waals surface area (Å²) >= 11 is 0. The highest BCUT2D eigenvalue weighted by atomic mass is 19.1. The first kappa shape index (κ1) is 16.4. The summed E-state index contributed by atoms with van der Waals surface area (Å²) in [5.74, 6) is -0.753. The minimum absolute atomic E-state index is 0.0322. The van der Waals surface area contributed by atoms with Gasteiger partial charge in [-0.15, -0.1) is 5.10 Å². The zero-order chi connectivity index (χ0) is 18.4. The molecule has 1 atom stereocenters. The lowest BCUT2D eigenvalue weighted by Gasteiger charge is -2.16. The van der Waals surface area contributed by atoms with E-state index < -0.39 is 23.9 Å². The third kappa shape index (κ3) is 2.47. The number of hydrogen-bond acceptors (Lipinski definition) is 5. The van der Waals surface area contributed by atoms with Crippen LogP contribution >= 0.6 is 0 Å². The number of fused-ring (bicyclic) bond motifs is 3. The van der Waals surface area contributed by atoms with Gasteiger partial charge in [-0.2, -0.15) is 0 Å². The number of nitrogens with two attached hydrogens (primary N) is 1. The average Bonchev–Trinajstić information content (AvgIpc) is 3.13. The van der Waals surface area contributed by atoms with Crippen molar-refractivity contribution in [1.29, 1.82) is 0 Å². The van der Waals surface area contributed by atoms with Crippen LogP contribution in [0.1, 0.15) is 17.5 Å². The van der Waals surface area contributed by atoms with E-state index in [0.29, 0.717) is 35.7 Å². The van der Waals surface area contributed by atoms with Gasteiger partial charge in [-0.3, -0.25) is 14.8 Å². The maximum Gasteiger partial charge on any atom is 0.415 e. The summed E-state index contributed by atoms with van der Waals surface area (Å²) in [6.07, 6.45) is 0.369. The van der Waals surface area contributed by atoms with Gasteiger partial charge in [0.05, 0.1) is 25.0 Å². The van der Waals surface area contributed by atoms with Crippen LogP contribution in [0.25, 0.3) is 11.3 Å². The number of ether oxygens (including phenoxy) is 2. The Bertz CT molecular complexity index is 910. The molecule has 0 bridgehead atoms. The Balaban J connectivity index is 1.77. The molecule has 4 rings (SSSR count). The van der Waals surface area contributed by atoms with Crippen LogP contribution in [0.2, 0.25) is 0 Å². The van der Waals surface area contributed by atoms with Crippen LogP contribution in [0.3, 0.4) is 0 Å². The molecule has 0 spiro atoms. The van der Waals surface area contributed by atoms with Crippen molar-refractivity contribution in [3.05, 3.63) is 29.1 Å². The molecule has 0 unspecified atom stereocenters. The second kappa shape index (κ2) is 6.01. The van der Waals surface area contributed by atoms with Gasteiger partial charge in [-0.05, 0) is 37.0 Å². The van der Waals surface area contributed by atoms with E-state index in [1.807, 2.05) is 0 Å². The largest absolute Gasteiger partial charge is 0.480 e. The average molecular weight is 360 g/mol. The number of H-pyrrole nitrogens is 1. The number of nitrogens with one attached hydrogen (secondary N) is 1. The zero-order valence-electron chi connectivity index (χ0n) is 14.0. The molecular weight excluding hydrogens is 343 g/mol. The molecule has 1 fully saturated rings. The number of cyclic esters (lactones) is 1. The van der Waals surface area contributed by atoms with Gasteiger partial charge in [0.1, 0.15) is 5.82 Å². The fourth-order valence-electron chi connectivity index (χ4n) is 3.51. The van der Waals surface area contributed by atoms with Gasteiger partial charge in [0.15, 0.2) is 6.10 Å². The van der Waals surface area contributed by atoms with Crippen molar-refractivity contribution in [3.63, 3.8) is 0 Å². The highest BCUT2D eigenvalue weighted by molar-refractivity contribution is 5.95. The van der Waals surface area contributed by atoms with Gasteiger partial charge in [0.2, 0.25) is 5.88 Å². The van der Waals surface area contributed by atoms with Crippen LogP contribution < -0.4 is 15.4 Å². The van der Waals surface area contributed by atoms with Crippen molar-refractivity contribution in [3.8, 4) is 17.1 Å². The number of hydrogen-bond donors (Lipinski definition) is 2. The Kier molecular flexibility index (Phi) is 3.78. The summed E-state index contributed by atoms with van der Waals surface area (Å²) in [5, 5.41) is 6.94. The Labute approximate surface area is 148 Å². The zero-order valence-corrected chi connectivity index (χ0v) is 14.0. The summed E-state index contributed by atoms with van der Waals surface area (Å²) in [6, 6.07) is 3.00. The number of nitrogens with zero attached hydrogens (tertiary/aromatic N) is 2. The van der Waals surface area contributed by atoms with Gasteiger partial charge in [-0.25, -0.2) is 9.18 Å². The number of aromatic nitrogens is 2. The van der Waals surface area contributed by atoms with Crippen LogP contribution in [0.5, 0.6) is 5.88 Å². The number of primary amides is 1. The third-order valence-corrected chi connectivity index (χ3v) is 4.74. The van der Waals surface area contributed by atoms with Gasteiger partial charge in [0, 0.05) is 11.1 Å². The predicted molar refractivity (Wildman–Crippen MR) is 89.4 cm³/mol. The van der Waals surface area contributed by atoms with Crippen molar-refractivity contribution in [2.75, 3.05) is 18.6 Å². The maximum atomic E-state index is 15.0. The van der Waals surface area contributed by atoms with Crippen molar-refractivity contribution in [1.82, 2.24) is 10.2 Å². The highest BCUT2D eigenvalue weighted by Gasteiger charge is 2.36. The molecule has 1 aliphatic carbocycles. The summed E-state index contributed by atoms with van der Waals surface area (Å²) in [7, 11) is 1.52. The second-order valence-corrected chi connectivity index (χ2v) is 6.29. The molecule has 2 aromatic rings. The molecule has 8 nitrogen and oxygen atoms in total. The van der Waals surface area contributed by atoms with Gasteiger partial charge < -0.3 is 15.2 Å². The molecule has 2 heterocycles. The number of methoxy groups -OCH3 is 1. The number of rotatable bonds is 3. The van der Waals surface area contributed by atoms with Gasteiger partial charge >= 0.3 is 6.09 Å². The Morgan fingerprint density at radius 3 is 2.96 bits per heavy atom. The van der Waals surface area contributed by atoms with Gasteiger partial charge in [-0.1, -0.05) is 0 Å². The van der Waals surface area contributed by atoms with E-state index in [0.717, 1.165) is 17.5 Å². The van der Waals surface area contributed by atoms with E-state index in [1.165, 1.54) is 18.1 Å². The molecule has 1 aromatic heterocycles. The molecule has 1 aliphatic heterocycles. The number of benzene rings is 1. The van der Waals surface area contributed by atoms with E-state index in [4.69, 9.17) is 15.2 Å². The topological polar surface area (TPSA) is 111 Å². The fraction of sp³-hybridized carbons (Fsp3) is 0.353. The number of amides is 2. The first-order valence-electron chi connectivity index (χ1n) is 8.21. The van der Waals surface area contributed by atoms with Crippen LogP contribution in [0.4, 0.5) is 14.9 Å². The van der Waals surface area contributed by atoms with Crippen LogP contribution in [-0.2, 0) is 22.4 Å². The molecule has 0 saturated carbocycles. The summed E-state index contributed by atoms with van der Waals surface area (Å²) < 4.78 is 25.1. The molecule has 1 saturated heterocycles. The number of carbonyl (C=O) groups excluding carboxylic acids is 2. The third-order valence-electron chi connectivity index (χ3n) is 4.74. The molecule has 0 radical (unpaired) electrons. The molecule has 9 heteroatoms. The molecule has 3 N–H and O–H groups in total. The lowest BCUT2D eigenvalue weighted by Crippen LogP contribution is -2.32. The molecule has 2 amide bonds. The second-order valence-electron chi connectivity index (χ2n) is 6.29.